The lowest BCUT2D eigenvalue weighted by Gasteiger charge is -2.36. The predicted octanol–water partition coefficient (Wildman–Crippen LogP) is 2.15. The van der Waals surface area contributed by atoms with Gasteiger partial charge in [0.25, 0.3) is 0 Å². The molecule has 0 aromatic carbocycles. The SMILES string of the molecule is O=C(N1CCCC1)N1CCC2SC=CC2C1. The average molecular weight is 238 g/mol. The maximum atomic E-state index is 12.2. The number of thioether (sulfide) groups is 1. The van der Waals surface area contributed by atoms with Crippen LogP contribution in [0.25, 0.3) is 0 Å². The van der Waals surface area contributed by atoms with Gasteiger partial charge < -0.3 is 9.80 Å². The van der Waals surface area contributed by atoms with Gasteiger partial charge in [-0.3, -0.25) is 0 Å². The molecule has 3 aliphatic heterocycles. The first-order valence-corrected chi connectivity index (χ1v) is 7.15. The van der Waals surface area contributed by atoms with Crippen molar-refractivity contribution < 1.29 is 4.79 Å². The lowest BCUT2D eigenvalue weighted by atomic mass is 9.98. The van der Waals surface area contributed by atoms with E-state index in [0.717, 1.165) is 37.8 Å². The molecule has 2 amide bonds. The number of carbonyl (C=O) groups is 1. The molecular weight excluding hydrogens is 220 g/mol. The number of hydrogen-bond acceptors (Lipinski definition) is 2. The minimum Gasteiger partial charge on any atom is -0.325 e. The molecule has 2 saturated heterocycles. The topological polar surface area (TPSA) is 23.6 Å². The van der Waals surface area contributed by atoms with Crippen LogP contribution in [0.5, 0.6) is 0 Å². The van der Waals surface area contributed by atoms with Gasteiger partial charge in [-0.05, 0) is 24.7 Å². The third kappa shape index (κ3) is 1.83. The molecule has 88 valence electrons. The number of rotatable bonds is 0. The Kier molecular flexibility index (Phi) is 2.84. The van der Waals surface area contributed by atoms with Gasteiger partial charge in [-0.1, -0.05) is 6.08 Å². The Hall–Kier alpha value is -0.640. The number of amides is 2. The Morgan fingerprint density at radius 1 is 1.19 bits per heavy atom. The Morgan fingerprint density at radius 2 is 2.00 bits per heavy atom. The van der Waals surface area contributed by atoms with E-state index in [2.05, 4.69) is 16.4 Å². The van der Waals surface area contributed by atoms with E-state index in [4.69, 9.17) is 0 Å². The largest absolute Gasteiger partial charge is 0.325 e. The van der Waals surface area contributed by atoms with E-state index in [1.807, 2.05) is 16.7 Å². The molecule has 0 aromatic rings. The summed E-state index contributed by atoms with van der Waals surface area (Å²) in [6, 6.07) is 0.279. The summed E-state index contributed by atoms with van der Waals surface area (Å²) in [4.78, 5) is 16.3. The molecule has 0 saturated carbocycles. The zero-order chi connectivity index (χ0) is 11.0. The summed E-state index contributed by atoms with van der Waals surface area (Å²) in [7, 11) is 0. The second-order valence-electron chi connectivity index (χ2n) is 4.88. The highest BCUT2D eigenvalue weighted by Crippen LogP contribution is 2.36. The molecule has 0 spiro atoms. The van der Waals surface area contributed by atoms with E-state index in [9.17, 15) is 4.79 Å². The van der Waals surface area contributed by atoms with Crippen LogP contribution in [0.4, 0.5) is 4.79 Å². The van der Waals surface area contributed by atoms with Gasteiger partial charge in [-0.25, -0.2) is 4.79 Å². The number of carbonyl (C=O) groups excluding carboxylic acids is 1. The van der Waals surface area contributed by atoms with E-state index >= 15 is 0 Å². The zero-order valence-corrected chi connectivity index (χ0v) is 10.3. The zero-order valence-electron chi connectivity index (χ0n) is 9.47. The third-order valence-corrected chi connectivity index (χ3v) is 5.07. The van der Waals surface area contributed by atoms with Gasteiger partial charge in [0.2, 0.25) is 0 Å². The molecule has 0 radical (unpaired) electrons. The standard InChI is InChI=1S/C12H18N2OS/c15-12(13-5-1-2-6-13)14-7-3-11-10(9-14)4-8-16-11/h4,8,10-11H,1-3,5-7,9H2. The number of fused-ring (bicyclic) bond motifs is 1. The Morgan fingerprint density at radius 3 is 2.81 bits per heavy atom. The molecule has 0 bridgehead atoms. The van der Waals surface area contributed by atoms with Gasteiger partial charge in [0.1, 0.15) is 0 Å². The smallest absolute Gasteiger partial charge is 0.320 e. The van der Waals surface area contributed by atoms with E-state index in [-0.39, 0.29) is 6.03 Å². The highest BCUT2D eigenvalue weighted by atomic mass is 32.2. The molecule has 3 aliphatic rings. The quantitative estimate of drug-likeness (QED) is 0.645. The van der Waals surface area contributed by atoms with Crippen LogP contribution in [-0.2, 0) is 0 Å². The van der Waals surface area contributed by atoms with Crippen molar-refractivity contribution in [3.05, 3.63) is 11.5 Å². The van der Waals surface area contributed by atoms with Crippen molar-refractivity contribution >= 4 is 17.8 Å². The first-order valence-electron chi connectivity index (χ1n) is 6.20. The minimum absolute atomic E-state index is 0.279. The van der Waals surface area contributed by atoms with Crippen molar-refractivity contribution in [1.29, 1.82) is 0 Å². The van der Waals surface area contributed by atoms with Crippen LogP contribution < -0.4 is 0 Å². The molecule has 4 heteroatoms. The van der Waals surface area contributed by atoms with Crippen LogP contribution in [0, 0.1) is 5.92 Å². The number of piperidine rings is 1. The first kappa shape index (κ1) is 10.5. The molecule has 3 nitrogen and oxygen atoms in total. The van der Waals surface area contributed by atoms with Gasteiger partial charge in [0.05, 0.1) is 0 Å². The summed E-state index contributed by atoms with van der Waals surface area (Å²) in [6.45, 7) is 3.82. The van der Waals surface area contributed by atoms with Gasteiger partial charge >= 0.3 is 6.03 Å². The van der Waals surface area contributed by atoms with Crippen molar-refractivity contribution in [3.63, 3.8) is 0 Å². The number of urea groups is 1. The normalized spacial score (nSPS) is 33.2. The monoisotopic (exact) mass is 238 g/mol. The Balaban J connectivity index is 1.62. The van der Waals surface area contributed by atoms with Gasteiger partial charge in [-0.2, -0.15) is 0 Å². The maximum Gasteiger partial charge on any atom is 0.320 e. The highest BCUT2D eigenvalue weighted by Gasteiger charge is 2.34. The van der Waals surface area contributed by atoms with Crippen molar-refractivity contribution in [3.8, 4) is 0 Å². The van der Waals surface area contributed by atoms with Crippen LogP contribution in [0.2, 0.25) is 0 Å². The third-order valence-electron chi connectivity index (χ3n) is 3.82. The van der Waals surface area contributed by atoms with Gasteiger partial charge in [0.15, 0.2) is 0 Å². The number of likely N-dealkylation sites (tertiary alicyclic amines) is 2. The molecule has 3 heterocycles. The minimum atomic E-state index is 0.279. The van der Waals surface area contributed by atoms with Crippen LogP contribution in [0.15, 0.2) is 11.5 Å². The van der Waals surface area contributed by atoms with E-state index in [1.165, 1.54) is 12.8 Å². The second kappa shape index (κ2) is 4.32. The summed E-state index contributed by atoms with van der Waals surface area (Å²) in [5, 5.41) is 2.95. The highest BCUT2D eigenvalue weighted by molar-refractivity contribution is 8.03. The fraction of sp³-hybridized carbons (Fsp3) is 0.750. The molecule has 2 unspecified atom stereocenters. The molecule has 0 aliphatic carbocycles. The van der Waals surface area contributed by atoms with Crippen LogP contribution in [-0.4, -0.2) is 47.3 Å². The summed E-state index contributed by atoms with van der Waals surface area (Å²) in [5.74, 6) is 0.602. The lowest BCUT2D eigenvalue weighted by molar-refractivity contribution is 0.145. The average Bonchev–Trinajstić information content (AvgIpc) is 2.98. The predicted molar refractivity (Wildman–Crippen MR) is 66.4 cm³/mol. The molecule has 0 N–H and O–H groups in total. The van der Waals surface area contributed by atoms with Crippen LogP contribution >= 0.6 is 11.8 Å². The number of nitrogens with zero attached hydrogens (tertiary/aromatic N) is 2. The van der Waals surface area contributed by atoms with E-state index < -0.39 is 0 Å². The summed E-state index contributed by atoms with van der Waals surface area (Å²) >= 11 is 1.94. The van der Waals surface area contributed by atoms with Crippen molar-refractivity contribution in [2.45, 2.75) is 24.5 Å². The molecule has 2 fully saturated rings. The van der Waals surface area contributed by atoms with Crippen molar-refractivity contribution in [1.82, 2.24) is 9.80 Å². The van der Waals surface area contributed by atoms with Crippen LogP contribution in [0.1, 0.15) is 19.3 Å². The number of hydrogen-bond donors (Lipinski definition) is 0. The molecule has 16 heavy (non-hydrogen) atoms. The first-order chi connectivity index (χ1) is 7.84. The summed E-state index contributed by atoms with van der Waals surface area (Å²) in [6.07, 6.45) is 5.80. The fourth-order valence-corrected chi connectivity index (χ4v) is 3.96. The van der Waals surface area contributed by atoms with E-state index in [0.29, 0.717) is 5.92 Å². The lowest BCUT2D eigenvalue weighted by Crippen LogP contribution is -2.48. The Bertz CT molecular complexity index is 312. The van der Waals surface area contributed by atoms with Crippen molar-refractivity contribution in [2.75, 3.05) is 26.2 Å². The molecular formula is C12H18N2OS. The molecule has 2 atom stereocenters. The summed E-state index contributed by atoms with van der Waals surface area (Å²) in [5.41, 5.74) is 0. The van der Waals surface area contributed by atoms with Gasteiger partial charge in [0, 0.05) is 37.3 Å². The second-order valence-corrected chi connectivity index (χ2v) is 6.03. The van der Waals surface area contributed by atoms with Crippen LogP contribution in [0.3, 0.4) is 0 Å². The summed E-state index contributed by atoms with van der Waals surface area (Å²) < 4.78 is 0. The molecule has 3 rings (SSSR count). The van der Waals surface area contributed by atoms with Gasteiger partial charge in [-0.15, -0.1) is 11.8 Å². The van der Waals surface area contributed by atoms with E-state index in [1.54, 1.807) is 0 Å². The maximum absolute atomic E-state index is 12.2. The fourth-order valence-electron chi connectivity index (χ4n) is 2.84. The Labute approximate surface area is 101 Å². The van der Waals surface area contributed by atoms with Crippen molar-refractivity contribution in [2.24, 2.45) is 5.92 Å². The molecule has 0 aromatic heterocycles.